The average Bonchev–Trinajstić information content (AvgIpc) is 2.22. The lowest BCUT2D eigenvalue weighted by Crippen LogP contribution is -2.19. The fraction of sp³-hybridized carbons (Fsp3) is 0.667. The van der Waals surface area contributed by atoms with Gasteiger partial charge in [-0.05, 0) is 6.42 Å². The Morgan fingerprint density at radius 2 is 1.94 bits per heavy atom. The molecule has 5 heteroatoms. The summed E-state index contributed by atoms with van der Waals surface area (Å²) < 4.78 is 0. The highest BCUT2D eigenvalue weighted by Crippen LogP contribution is 2.28. The summed E-state index contributed by atoms with van der Waals surface area (Å²) >= 11 is 6.02. The fourth-order valence-electron chi connectivity index (χ4n) is 1.30. The van der Waals surface area contributed by atoms with Gasteiger partial charge in [0.1, 0.15) is 11.5 Å². The summed E-state index contributed by atoms with van der Waals surface area (Å²) in [6.07, 6.45) is 2.20. The molecule has 0 saturated heterocycles. The van der Waals surface area contributed by atoms with Gasteiger partial charge in [0, 0.05) is 12.0 Å². The smallest absolute Gasteiger partial charge is 0.157 e. The Kier molecular flexibility index (Phi) is 4.57. The minimum Gasteiger partial charge on any atom is -0.393 e. The molecule has 1 heterocycles. The van der Waals surface area contributed by atoms with Gasteiger partial charge in [-0.25, -0.2) is 9.97 Å². The van der Waals surface area contributed by atoms with Crippen LogP contribution in [0.1, 0.15) is 46.4 Å². The highest BCUT2D eigenvalue weighted by Gasteiger charge is 2.20. The van der Waals surface area contributed by atoms with E-state index in [2.05, 4.69) is 22.2 Å². The minimum atomic E-state index is -0.140. The van der Waals surface area contributed by atoms with Gasteiger partial charge >= 0.3 is 0 Å². The zero-order valence-electron chi connectivity index (χ0n) is 11.0. The summed E-state index contributed by atoms with van der Waals surface area (Å²) in [4.78, 5) is 8.67. The van der Waals surface area contributed by atoms with Gasteiger partial charge < -0.3 is 11.1 Å². The molecule has 0 bridgehead atoms. The van der Waals surface area contributed by atoms with Gasteiger partial charge in [0.25, 0.3) is 0 Å². The number of nitrogens with two attached hydrogens (primary N) is 1. The molecule has 0 spiro atoms. The lowest BCUT2D eigenvalue weighted by molar-refractivity contribution is 0.546. The topological polar surface area (TPSA) is 63.8 Å². The van der Waals surface area contributed by atoms with Crippen molar-refractivity contribution >= 4 is 23.1 Å². The molecule has 0 radical (unpaired) electrons. The van der Waals surface area contributed by atoms with E-state index >= 15 is 0 Å². The molecule has 0 aromatic carbocycles. The molecular formula is C12H21ClN4. The van der Waals surface area contributed by atoms with Crippen LogP contribution >= 0.6 is 11.6 Å². The number of nitrogen functional groups attached to an aromatic ring is 1. The van der Waals surface area contributed by atoms with Gasteiger partial charge in [0.2, 0.25) is 0 Å². The number of rotatable bonds is 4. The molecule has 4 nitrogen and oxygen atoms in total. The monoisotopic (exact) mass is 256 g/mol. The first-order valence-corrected chi connectivity index (χ1v) is 6.31. The van der Waals surface area contributed by atoms with Crippen molar-refractivity contribution in [3.05, 3.63) is 11.0 Å². The van der Waals surface area contributed by atoms with Gasteiger partial charge in [-0.3, -0.25) is 0 Å². The molecule has 0 fully saturated rings. The molecule has 0 unspecified atom stereocenters. The van der Waals surface area contributed by atoms with E-state index in [-0.39, 0.29) is 5.41 Å². The molecular weight excluding hydrogens is 236 g/mol. The molecule has 1 rings (SSSR count). The summed E-state index contributed by atoms with van der Waals surface area (Å²) in [5.74, 6) is 1.35. The van der Waals surface area contributed by atoms with Gasteiger partial charge in [0.05, 0.1) is 0 Å². The van der Waals surface area contributed by atoms with Crippen LogP contribution in [0.2, 0.25) is 5.15 Å². The van der Waals surface area contributed by atoms with Crippen LogP contribution in [0.5, 0.6) is 0 Å². The van der Waals surface area contributed by atoms with Crippen LogP contribution in [0.3, 0.4) is 0 Å². The van der Waals surface area contributed by atoms with Crippen LogP contribution < -0.4 is 11.1 Å². The molecule has 1 aromatic heterocycles. The van der Waals surface area contributed by atoms with Crippen molar-refractivity contribution < 1.29 is 0 Å². The number of halogens is 1. The van der Waals surface area contributed by atoms with Crippen LogP contribution in [0.25, 0.3) is 0 Å². The lowest BCUT2D eigenvalue weighted by atomic mass is 9.96. The first kappa shape index (κ1) is 14.0. The summed E-state index contributed by atoms with van der Waals surface area (Å²) in [6, 6.07) is 0. The van der Waals surface area contributed by atoms with Crippen molar-refractivity contribution in [2.45, 2.75) is 46.0 Å². The first-order chi connectivity index (χ1) is 7.86. The van der Waals surface area contributed by atoms with Crippen LogP contribution in [-0.2, 0) is 5.41 Å². The van der Waals surface area contributed by atoms with E-state index in [9.17, 15) is 0 Å². The van der Waals surface area contributed by atoms with Gasteiger partial charge in [0.15, 0.2) is 11.0 Å². The molecule has 0 aliphatic rings. The third-order valence-corrected chi connectivity index (χ3v) is 2.68. The van der Waals surface area contributed by atoms with Gasteiger partial charge in [-0.1, -0.05) is 45.7 Å². The van der Waals surface area contributed by atoms with Crippen molar-refractivity contribution in [1.82, 2.24) is 9.97 Å². The van der Waals surface area contributed by atoms with Crippen LogP contribution in [0.4, 0.5) is 11.5 Å². The predicted molar refractivity (Wildman–Crippen MR) is 73.6 cm³/mol. The molecule has 0 saturated carbocycles. The Balaban J connectivity index is 2.99. The fourth-order valence-corrected chi connectivity index (χ4v) is 1.47. The van der Waals surface area contributed by atoms with Crippen molar-refractivity contribution in [3.63, 3.8) is 0 Å². The zero-order valence-corrected chi connectivity index (χ0v) is 11.7. The molecule has 17 heavy (non-hydrogen) atoms. The van der Waals surface area contributed by atoms with Crippen molar-refractivity contribution in [1.29, 1.82) is 0 Å². The SMILES string of the molecule is CCCCNc1nc(C(C)(C)C)nc(Cl)c1N. The van der Waals surface area contributed by atoms with Gasteiger partial charge in [-0.2, -0.15) is 0 Å². The molecule has 96 valence electrons. The van der Waals surface area contributed by atoms with E-state index in [0.717, 1.165) is 19.4 Å². The Labute approximate surface area is 108 Å². The molecule has 0 atom stereocenters. The molecule has 3 N–H and O–H groups in total. The number of nitrogens with zero attached hydrogens (tertiary/aromatic N) is 2. The highest BCUT2D eigenvalue weighted by atomic mass is 35.5. The largest absolute Gasteiger partial charge is 0.393 e. The summed E-state index contributed by atoms with van der Waals surface area (Å²) in [6.45, 7) is 9.12. The van der Waals surface area contributed by atoms with Crippen LogP contribution in [0, 0.1) is 0 Å². The normalized spacial score (nSPS) is 11.6. The van der Waals surface area contributed by atoms with E-state index in [0.29, 0.717) is 22.5 Å². The van der Waals surface area contributed by atoms with Crippen LogP contribution in [-0.4, -0.2) is 16.5 Å². The second kappa shape index (κ2) is 5.54. The summed E-state index contributed by atoms with van der Waals surface area (Å²) in [7, 11) is 0. The number of hydrogen-bond acceptors (Lipinski definition) is 4. The lowest BCUT2D eigenvalue weighted by Gasteiger charge is -2.19. The Morgan fingerprint density at radius 3 is 2.47 bits per heavy atom. The van der Waals surface area contributed by atoms with Crippen molar-refractivity contribution in [3.8, 4) is 0 Å². The van der Waals surface area contributed by atoms with E-state index in [1.54, 1.807) is 0 Å². The minimum absolute atomic E-state index is 0.140. The molecule has 0 aliphatic carbocycles. The number of anilines is 2. The number of aromatic nitrogens is 2. The molecule has 0 aliphatic heterocycles. The maximum atomic E-state index is 6.02. The van der Waals surface area contributed by atoms with E-state index < -0.39 is 0 Å². The maximum Gasteiger partial charge on any atom is 0.157 e. The highest BCUT2D eigenvalue weighted by molar-refractivity contribution is 6.32. The first-order valence-electron chi connectivity index (χ1n) is 5.93. The zero-order chi connectivity index (χ0) is 13.1. The average molecular weight is 257 g/mol. The Bertz CT molecular complexity index is 385. The van der Waals surface area contributed by atoms with E-state index in [1.165, 1.54) is 0 Å². The quantitative estimate of drug-likeness (QED) is 0.641. The second-order valence-electron chi connectivity index (χ2n) is 5.13. The van der Waals surface area contributed by atoms with Crippen molar-refractivity contribution in [2.24, 2.45) is 0 Å². The Hall–Kier alpha value is -1.03. The van der Waals surface area contributed by atoms with E-state index in [1.807, 2.05) is 20.8 Å². The maximum absolute atomic E-state index is 6.02. The standard InChI is InChI=1S/C12H21ClN4/c1-5-6-7-15-10-8(14)9(13)16-11(17-10)12(2,3)4/h5-7,14H2,1-4H3,(H,15,16,17). The van der Waals surface area contributed by atoms with Gasteiger partial charge in [-0.15, -0.1) is 0 Å². The summed E-state index contributed by atoms with van der Waals surface area (Å²) in [5, 5.41) is 3.53. The number of nitrogens with one attached hydrogen (secondary N) is 1. The van der Waals surface area contributed by atoms with Crippen molar-refractivity contribution in [2.75, 3.05) is 17.6 Å². The number of unbranched alkanes of at least 4 members (excludes halogenated alkanes) is 1. The van der Waals surface area contributed by atoms with Crippen LogP contribution in [0.15, 0.2) is 0 Å². The third-order valence-electron chi connectivity index (χ3n) is 2.39. The third kappa shape index (κ3) is 3.73. The predicted octanol–water partition coefficient (Wildman–Crippen LogP) is 3.22. The number of hydrogen-bond donors (Lipinski definition) is 2. The molecule has 1 aromatic rings. The second-order valence-corrected chi connectivity index (χ2v) is 5.49. The molecule has 0 amide bonds. The van der Waals surface area contributed by atoms with E-state index in [4.69, 9.17) is 17.3 Å². The summed E-state index contributed by atoms with van der Waals surface area (Å²) in [5.41, 5.74) is 6.14. The Morgan fingerprint density at radius 1 is 1.29 bits per heavy atom.